The molecule has 0 spiro atoms. The minimum Gasteiger partial charge on any atom is -0.384 e. The van der Waals surface area contributed by atoms with Crippen LogP contribution in [0.15, 0.2) is 46.9 Å². The first kappa shape index (κ1) is 16.1. The third-order valence-corrected chi connectivity index (χ3v) is 4.18. The largest absolute Gasteiger partial charge is 0.384 e. The zero-order valence-corrected chi connectivity index (χ0v) is 13.8. The summed E-state index contributed by atoms with van der Waals surface area (Å²) in [7, 11) is 3.53. The second-order valence-electron chi connectivity index (χ2n) is 4.84. The summed E-state index contributed by atoms with van der Waals surface area (Å²) in [6.07, 6.45) is 0.879. The predicted octanol–water partition coefficient (Wildman–Crippen LogP) is 4.09. The fraction of sp³-hybridized carbons (Fsp3) is 0.294. The van der Waals surface area contributed by atoms with Crippen LogP contribution in [0.5, 0.6) is 0 Å². The second-order valence-corrected chi connectivity index (χ2v) is 5.70. The molecule has 2 nitrogen and oxygen atoms in total. The molecule has 0 heterocycles. The Morgan fingerprint density at radius 3 is 2.48 bits per heavy atom. The van der Waals surface area contributed by atoms with Crippen molar-refractivity contribution < 1.29 is 9.13 Å². The van der Waals surface area contributed by atoms with E-state index in [0.717, 1.165) is 16.5 Å². The van der Waals surface area contributed by atoms with Gasteiger partial charge in [-0.15, -0.1) is 0 Å². The van der Waals surface area contributed by atoms with Gasteiger partial charge in [-0.25, -0.2) is 4.39 Å². The Morgan fingerprint density at radius 2 is 1.90 bits per heavy atom. The van der Waals surface area contributed by atoms with Crippen molar-refractivity contribution in [3.05, 3.63) is 69.4 Å². The zero-order chi connectivity index (χ0) is 15.2. The Balaban J connectivity index is 2.29. The Labute approximate surface area is 133 Å². The maximum absolute atomic E-state index is 14.1. The Bertz CT molecular complexity index is 566. The molecule has 0 aliphatic rings. The number of ether oxygens (including phenoxy) is 1. The van der Waals surface area contributed by atoms with Gasteiger partial charge >= 0.3 is 0 Å². The minimum absolute atomic E-state index is 0.183. The summed E-state index contributed by atoms with van der Waals surface area (Å²) < 4.78 is 20.0. The van der Waals surface area contributed by atoms with E-state index in [9.17, 15) is 4.39 Å². The predicted molar refractivity (Wildman–Crippen MR) is 87.0 cm³/mol. The fourth-order valence-corrected chi connectivity index (χ4v) is 2.93. The lowest BCUT2D eigenvalue weighted by molar-refractivity contribution is 0.202. The molecule has 0 amide bonds. The lowest BCUT2D eigenvalue weighted by Crippen LogP contribution is -2.19. The number of halogens is 2. The molecule has 1 N–H and O–H groups in total. The SMILES string of the molecule is CNC(c1ccc(CCOC)cc1)c1c(F)cccc1Br. The summed E-state index contributed by atoms with van der Waals surface area (Å²) >= 11 is 3.44. The van der Waals surface area contributed by atoms with Crippen LogP contribution in [0, 0.1) is 5.82 Å². The summed E-state index contributed by atoms with van der Waals surface area (Å²) in [5.41, 5.74) is 2.87. The van der Waals surface area contributed by atoms with Crippen LogP contribution in [0.3, 0.4) is 0 Å². The molecule has 0 bridgehead atoms. The average Bonchev–Trinajstić information content (AvgIpc) is 2.50. The van der Waals surface area contributed by atoms with Crippen molar-refractivity contribution in [3.63, 3.8) is 0 Å². The maximum Gasteiger partial charge on any atom is 0.129 e. The van der Waals surface area contributed by atoms with E-state index < -0.39 is 0 Å². The number of hydrogen-bond acceptors (Lipinski definition) is 2. The van der Waals surface area contributed by atoms with E-state index in [2.05, 4.69) is 33.4 Å². The van der Waals surface area contributed by atoms with E-state index in [0.29, 0.717) is 12.2 Å². The molecule has 0 radical (unpaired) electrons. The molecule has 0 aliphatic carbocycles. The number of nitrogens with one attached hydrogen (secondary N) is 1. The summed E-state index contributed by atoms with van der Waals surface area (Å²) in [5, 5.41) is 3.18. The summed E-state index contributed by atoms with van der Waals surface area (Å²) in [6, 6.07) is 13.0. The first-order chi connectivity index (χ1) is 10.2. The van der Waals surface area contributed by atoms with Crippen molar-refractivity contribution in [1.82, 2.24) is 5.32 Å². The molecule has 0 aliphatic heterocycles. The van der Waals surface area contributed by atoms with Gasteiger partial charge < -0.3 is 10.1 Å². The molecule has 21 heavy (non-hydrogen) atoms. The third kappa shape index (κ3) is 3.90. The standard InChI is InChI=1S/C17H19BrFNO/c1-20-17(16-14(18)4-3-5-15(16)19)13-8-6-12(7-9-13)10-11-21-2/h3-9,17,20H,10-11H2,1-2H3. The van der Waals surface area contributed by atoms with Gasteiger partial charge in [0.15, 0.2) is 0 Å². The van der Waals surface area contributed by atoms with Gasteiger partial charge in [-0.05, 0) is 36.7 Å². The normalized spacial score (nSPS) is 12.4. The summed E-state index contributed by atoms with van der Waals surface area (Å²) in [4.78, 5) is 0. The molecule has 112 valence electrons. The molecule has 0 fully saturated rings. The van der Waals surface area contributed by atoms with Gasteiger partial charge in [0.1, 0.15) is 5.82 Å². The van der Waals surface area contributed by atoms with E-state index in [-0.39, 0.29) is 11.9 Å². The van der Waals surface area contributed by atoms with Crippen LogP contribution in [0.1, 0.15) is 22.7 Å². The van der Waals surface area contributed by atoms with Crippen LogP contribution in [-0.4, -0.2) is 20.8 Å². The maximum atomic E-state index is 14.1. The summed E-state index contributed by atoms with van der Waals surface area (Å²) in [5.74, 6) is -0.216. The van der Waals surface area contributed by atoms with E-state index in [1.807, 2.05) is 25.2 Å². The number of methoxy groups -OCH3 is 1. The van der Waals surface area contributed by atoms with Gasteiger partial charge in [-0.3, -0.25) is 0 Å². The van der Waals surface area contributed by atoms with Crippen LogP contribution >= 0.6 is 15.9 Å². The minimum atomic E-state index is -0.216. The molecule has 4 heteroatoms. The van der Waals surface area contributed by atoms with Crippen molar-refractivity contribution in [1.29, 1.82) is 0 Å². The molecule has 0 aromatic heterocycles. The van der Waals surface area contributed by atoms with Crippen LogP contribution in [0.2, 0.25) is 0 Å². The van der Waals surface area contributed by atoms with Crippen molar-refractivity contribution in [2.24, 2.45) is 0 Å². The van der Waals surface area contributed by atoms with E-state index >= 15 is 0 Å². The van der Waals surface area contributed by atoms with Crippen LogP contribution < -0.4 is 5.32 Å². The Morgan fingerprint density at radius 1 is 1.19 bits per heavy atom. The Kier molecular flexibility index (Phi) is 5.91. The van der Waals surface area contributed by atoms with Crippen LogP contribution in [0.25, 0.3) is 0 Å². The second kappa shape index (κ2) is 7.69. The van der Waals surface area contributed by atoms with Gasteiger partial charge in [0.05, 0.1) is 12.6 Å². The highest BCUT2D eigenvalue weighted by atomic mass is 79.9. The molecular weight excluding hydrogens is 333 g/mol. The van der Waals surface area contributed by atoms with Gasteiger partial charge in [0, 0.05) is 17.1 Å². The molecule has 2 rings (SSSR count). The lowest BCUT2D eigenvalue weighted by atomic mass is 9.97. The molecule has 1 unspecified atom stereocenters. The van der Waals surface area contributed by atoms with Gasteiger partial charge in [0.25, 0.3) is 0 Å². The topological polar surface area (TPSA) is 21.3 Å². The van der Waals surface area contributed by atoms with Crippen molar-refractivity contribution in [2.45, 2.75) is 12.5 Å². The monoisotopic (exact) mass is 351 g/mol. The highest BCUT2D eigenvalue weighted by Crippen LogP contribution is 2.30. The first-order valence-corrected chi connectivity index (χ1v) is 7.65. The van der Waals surface area contributed by atoms with Crippen molar-refractivity contribution >= 4 is 15.9 Å². The average molecular weight is 352 g/mol. The highest BCUT2D eigenvalue weighted by Gasteiger charge is 2.18. The van der Waals surface area contributed by atoms with Gasteiger partial charge in [-0.2, -0.15) is 0 Å². The lowest BCUT2D eigenvalue weighted by Gasteiger charge is -2.19. The molecular formula is C17H19BrFNO. The number of benzene rings is 2. The third-order valence-electron chi connectivity index (χ3n) is 3.48. The zero-order valence-electron chi connectivity index (χ0n) is 12.2. The molecule has 0 saturated carbocycles. The van der Waals surface area contributed by atoms with Crippen LogP contribution in [0.4, 0.5) is 4.39 Å². The van der Waals surface area contributed by atoms with Gasteiger partial charge in [0.2, 0.25) is 0 Å². The fourth-order valence-electron chi connectivity index (χ4n) is 2.36. The quantitative estimate of drug-likeness (QED) is 0.846. The molecule has 2 aromatic carbocycles. The van der Waals surface area contributed by atoms with Gasteiger partial charge in [-0.1, -0.05) is 46.3 Å². The molecule has 2 aromatic rings. The van der Waals surface area contributed by atoms with E-state index in [1.54, 1.807) is 13.2 Å². The summed E-state index contributed by atoms with van der Waals surface area (Å²) in [6.45, 7) is 0.702. The van der Waals surface area contributed by atoms with Crippen LogP contribution in [-0.2, 0) is 11.2 Å². The highest BCUT2D eigenvalue weighted by molar-refractivity contribution is 9.10. The number of rotatable bonds is 6. The van der Waals surface area contributed by atoms with E-state index in [1.165, 1.54) is 11.6 Å². The first-order valence-electron chi connectivity index (χ1n) is 6.86. The van der Waals surface area contributed by atoms with E-state index in [4.69, 9.17) is 4.74 Å². The smallest absolute Gasteiger partial charge is 0.129 e. The Hall–Kier alpha value is -1.23. The molecule has 0 saturated heterocycles. The molecule has 1 atom stereocenters. The number of hydrogen-bond donors (Lipinski definition) is 1. The van der Waals surface area contributed by atoms with Crippen molar-refractivity contribution in [2.75, 3.05) is 20.8 Å². The van der Waals surface area contributed by atoms with Crippen molar-refractivity contribution in [3.8, 4) is 0 Å².